The fourth-order valence-corrected chi connectivity index (χ4v) is 5.01. The molecule has 2 aromatic carbocycles. The average Bonchev–Trinajstić information content (AvgIpc) is 3.48. The molecule has 2 aliphatic heterocycles. The largest absolute Gasteiger partial charge is 0.497 e. The second-order valence-electron chi connectivity index (χ2n) is 8.10. The van der Waals surface area contributed by atoms with Crippen molar-refractivity contribution in [3.63, 3.8) is 0 Å². The summed E-state index contributed by atoms with van der Waals surface area (Å²) < 4.78 is 38.1. The van der Waals surface area contributed by atoms with Gasteiger partial charge in [0.05, 0.1) is 24.0 Å². The van der Waals surface area contributed by atoms with Crippen molar-refractivity contribution in [3.05, 3.63) is 48.5 Å². The van der Waals surface area contributed by atoms with E-state index >= 15 is 0 Å². The van der Waals surface area contributed by atoms with Crippen molar-refractivity contribution in [2.45, 2.75) is 30.3 Å². The van der Waals surface area contributed by atoms with E-state index < -0.39 is 15.9 Å². The first kappa shape index (κ1) is 23.2. The fourth-order valence-electron chi connectivity index (χ4n) is 3.95. The lowest BCUT2D eigenvalue weighted by atomic mass is 10.1. The fraction of sp³-hybridized carbons (Fsp3) is 0.391. The highest BCUT2D eigenvalue weighted by molar-refractivity contribution is 7.89. The topological polar surface area (TPSA) is 114 Å². The minimum Gasteiger partial charge on any atom is -0.497 e. The minimum atomic E-state index is -3.66. The zero-order chi connectivity index (χ0) is 23.4. The van der Waals surface area contributed by atoms with Gasteiger partial charge in [-0.15, -0.1) is 0 Å². The van der Waals surface area contributed by atoms with E-state index in [1.165, 1.54) is 24.3 Å². The molecule has 0 unspecified atom stereocenters. The predicted molar refractivity (Wildman–Crippen MR) is 123 cm³/mol. The summed E-state index contributed by atoms with van der Waals surface area (Å²) in [6.45, 7) is 1.17. The number of sulfonamides is 1. The number of nitrogens with zero attached hydrogens (tertiary/aromatic N) is 1. The lowest BCUT2D eigenvalue weighted by Gasteiger charge is -2.17. The first-order valence-electron chi connectivity index (χ1n) is 10.8. The quantitative estimate of drug-likeness (QED) is 0.607. The molecule has 2 aromatic rings. The zero-order valence-corrected chi connectivity index (χ0v) is 19.1. The van der Waals surface area contributed by atoms with Crippen molar-refractivity contribution in [1.82, 2.24) is 4.72 Å². The Morgan fingerprint density at radius 1 is 1.15 bits per heavy atom. The van der Waals surface area contributed by atoms with Gasteiger partial charge in [-0.3, -0.25) is 9.59 Å². The van der Waals surface area contributed by atoms with Crippen LogP contribution in [0.2, 0.25) is 0 Å². The lowest BCUT2D eigenvalue weighted by molar-refractivity contribution is -0.122. The van der Waals surface area contributed by atoms with Crippen LogP contribution in [0.4, 0.5) is 11.4 Å². The standard InChI is InChI=1S/C23H27N3O6S/c1-31-19-8-6-18(7-9-19)26-15-16(13-22(26)27)23(28)25-17-4-10-21(11-5-17)33(29,30)24-14-20-3-2-12-32-20/h4-11,16,20,24H,2-3,12-15H2,1H3,(H,25,28)/t16-,20-/m1/s1. The molecular weight excluding hydrogens is 446 g/mol. The molecule has 0 radical (unpaired) electrons. The predicted octanol–water partition coefficient (Wildman–Crippen LogP) is 2.14. The highest BCUT2D eigenvalue weighted by Crippen LogP contribution is 2.27. The molecule has 0 aromatic heterocycles. The molecule has 2 atom stereocenters. The Balaban J connectivity index is 1.34. The van der Waals surface area contributed by atoms with Crippen LogP contribution in [0.3, 0.4) is 0 Å². The van der Waals surface area contributed by atoms with Gasteiger partial charge >= 0.3 is 0 Å². The number of amides is 2. The van der Waals surface area contributed by atoms with Crippen molar-refractivity contribution >= 4 is 33.2 Å². The number of hydrogen-bond donors (Lipinski definition) is 2. The van der Waals surface area contributed by atoms with Crippen LogP contribution in [0.15, 0.2) is 53.4 Å². The van der Waals surface area contributed by atoms with Crippen molar-refractivity contribution in [3.8, 4) is 5.75 Å². The molecule has 2 saturated heterocycles. The van der Waals surface area contributed by atoms with Gasteiger partial charge in [0.15, 0.2) is 0 Å². The molecule has 9 nitrogen and oxygen atoms in total. The van der Waals surface area contributed by atoms with Crippen LogP contribution < -0.4 is 19.7 Å². The Morgan fingerprint density at radius 3 is 2.52 bits per heavy atom. The van der Waals surface area contributed by atoms with Crippen LogP contribution >= 0.6 is 0 Å². The summed E-state index contributed by atoms with van der Waals surface area (Å²) in [6.07, 6.45) is 1.79. The molecule has 4 rings (SSSR count). The van der Waals surface area contributed by atoms with E-state index in [2.05, 4.69) is 10.0 Å². The lowest BCUT2D eigenvalue weighted by Crippen LogP contribution is -2.31. The maximum atomic E-state index is 12.7. The summed E-state index contributed by atoms with van der Waals surface area (Å²) >= 11 is 0. The van der Waals surface area contributed by atoms with Crippen LogP contribution in [0.1, 0.15) is 19.3 Å². The molecule has 2 N–H and O–H groups in total. The summed E-state index contributed by atoms with van der Waals surface area (Å²) in [4.78, 5) is 26.8. The highest BCUT2D eigenvalue weighted by atomic mass is 32.2. The van der Waals surface area contributed by atoms with Gasteiger partial charge in [0.1, 0.15) is 5.75 Å². The molecule has 2 amide bonds. The molecule has 10 heteroatoms. The maximum absolute atomic E-state index is 12.7. The van der Waals surface area contributed by atoms with Gasteiger partial charge < -0.3 is 19.7 Å². The number of nitrogens with one attached hydrogen (secondary N) is 2. The number of hydrogen-bond acceptors (Lipinski definition) is 6. The number of carbonyl (C=O) groups excluding carboxylic acids is 2. The third-order valence-corrected chi connectivity index (χ3v) is 7.28. The first-order valence-corrected chi connectivity index (χ1v) is 12.3. The molecule has 2 heterocycles. The van der Waals surface area contributed by atoms with Crippen LogP contribution in [-0.2, 0) is 24.3 Å². The van der Waals surface area contributed by atoms with Gasteiger partial charge in [-0.05, 0) is 61.4 Å². The molecule has 0 spiro atoms. The van der Waals surface area contributed by atoms with E-state index in [4.69, 9.17) is 9.47 Å². The third kappa shape index (κ3) is 5.52. The molecule has 0 saturated carbocycles. The number of rotatable bonds is 8. The number of methoxy groups -OCH3 is 1. The van der Waals surface area contributed by atoms with Gasteiger partial charge in [0, 0.05) is 37.5 Å². The SMILES string of the molecule is COc1ccc(N2C[C@H](C(=O)Nc3ccc(S(=O)(=O)NC[C@H]4CCCO4)cc3)CC2=O)cc1. The summed E-state index contributed by atoms with van der Waals surface area (Å²) in [5.41, 5.74) is 1.18. The number of anilines is 2. The van der Waals surface area contributed by atoms with Crippen LogP contribution in [0, 0.1) is 5.92 Å². The minimum absolute atomic E-state index is 0.0926. The second-order valence-corrected chi connectivity index (χ2v) is 9.87. The van der Waals surface area contributed by atoms with E-state index in [1.807, 2.05) is 0 Å². The smallest absolute Gasteiger partial charge is 0.240 e. The van der Waals surface area contributed by atoms with Crippen molar-refractivity contribution in [2.75, 3.05) is 37.0 Å². The Bertz CT molecular complexity index is 1100. The number of benzene rings is 2. The van der Waals surface area contributed by atoms with Crippen molar-refractivity contribution < 1.29 is 27.5 Å². The Morgan fingerprint density at radius 2 is 1.88 bits per heavy atom. The van der Waals surface area contributed by atoms with Gasteiger partial charge in [-0.2, -0.15) is 0 Å². The van der Waals surface area contributed by atoms with E-state index in [0.29, 0.717) is 23.7 Å². The second kappa shape index (κ2) is 9.90. The average molecular weight is 474 g/mol. The van der Waals surface area contributed by atoms with Crippen molar-refractivity contribution in [2.24, 2.45) is 5.92 Å². The van der Waals surface area contributed by atoms with E-state index in [1.54, 1.807) is 36.3 Å². The Labute approximate surface area is 193 Å². The number of carbonyl (C=O) groups is 2. The Hall–Kier alpha value is -2.95. The van der Waals surface area contributed by atoms with Crippen LogP contribution in [0.5, 0.6) is 5.75 Å². The normalized spacial score (nSPS) is 20.8. The number of ether oxygens (including phenoxy) is 2. The molecule has 0 bridgehead atoms. The molecule has 2 aliphatic rings. The molecular formula is C23H27N3O6S. The molecule has 2 fully saturated rings. The van der Waals surface area contributed by atoms with Gasteiger partial charge in [-0.1, -0.05) is 0 Å². The van der Waals surface area contributed by atoms with Crippen LogP contribution in [-0.4, -0.2) is 53.1 Å². The van der Waals surface area contributed by atoms with Gasteiger partial charge in [0.2, 0.25) is 21.8 Å². The molecule has 33 heavy (non-hydrogen) atoms. The van der Waals surface area contributed by atoms with Gasteiger partial charge in [0.25, 0.3) is 0 Å². The maximum Gasteiger partial charge on any atom is 0.240 e. The van der Waals surface area contributed by atoms with Crippen LogP contribution in [0.25, 0.3) is 0 Å². The van der Waals surface area contributed by atoms with Gasteiger partial charge in [-0.25, -0.2) is 13.1 Å². The first-order chi connectivity index (χ1) is 15.9. The third-order valence-electron chi connectivity index (χ3n) is 5.84. The Kier molecular flexibility index (Phi) is 6.96. The van der Waals surface area contributed by atoms with Crippen molar-refractivity contribution in [1.29, 1.82) is 0 Å². The zero-order valence-electron chi connectivity index (χ0n) is 18.3. The summed E-state index contributed by atoms with van der Waals surface area (Å²) in [5.74, 6) is -0.228. The summed E-state index contributed by atoms with van der Waals surface area (Å²) in [6, 6.07) is 13.1. The van der Waals surface area contributed by atoms with E-state index in [0.717, 1.165) is 12.8 Å². The van der Waals surface area contributed by atoms with E-state index in [-0.39, 0.29) is 42.3 Å². The summed E-state index contributed by atoms with van der Waals surface area (Å²) in [5, 5.41) is 2.78. The molecule has 176 valence electrons. The molecule has 0 aliphatic carbocycles. The monoisotopic (exact) mass is 473 g/mol. The summed E-state index contributed by atoms with van der Waals surface area (Å²) in [7, 11) is -2.09. The highest BCUT2D eigenvalue weighted by Gasteiger charge is 2.35. The van der Waals surface area contributed by atoms with E-state index in [9.17, 15) is 18.0 Å².